The molecule has 6 heteroatoms. The fourth-order valence-corrected chi connectivity index (χ4v) is 2.20. The lowest BCUT2D eigenvalue weighted by atomic mass is 10.3. The van der Waals surface area contributed by atoms with Crippen molar-refractivity contribution in [2.24, 2.45) is 0 Å². The number of anilines is 1. The summed E-state index contributed by atoms with van der Waals surface area (Å²) in [4.78, 5) is 12.1. The number of para-hydroxylation sites is 1. The van der Waals surface area contributed by atoms with Gasteiger partial charge in [0.25, 0.3) is 5.91 Å². The van der Waals surface area contributed by atoms with Crippen LogP contribution in [-0.2, 0) is 4.79 Å². The molecular weight excluding hydrogens is 361 g/mol. The minimum absolute atomic E-state index is 0.136. The van der Waals surface area contributed by atoms with Crippen LogP contribution in [0.3, 0.4) is 0 Å². The minimum atomic E-state index is -0.732. The molecule has 0 fully saturated rings. The summed E-state index contributed by atoms with van der Waals surface area (Å²) < 4.78 is 19.3. The van der Waals surface area contributed by atoms with E-state index >= 15 is 0 Å². The second kappa shape index (κ2) is 6.91. The summed E-state index contributed by atoms with van der Waals surface area (Å²) in [5, 5.41) is 2.73. The largest absolute Gasteiger partial charge is 0.480 e. The van der Waals surface area contributed by atoms with Crippen molar-refractivity contribution in [3.8, 4) is 5.75 Å². The summed E-state index contributed by atoms with van der Waals surface area (Å²) >= 11 is 9.20. The molecule has 0 radical (unpaired) electrons. The molecule has 1 atom stereocenters. The molecule has 1 N–H and O–H groups in total. The van der Waals surface area contributed by atoms with Crippen LogP contribution in [-0.4, -0.2) is 12.0 Å². The lowest BCUT2D eigenvalue weighted by Gasteiger charge is -2.16. The highest BCUT2D eigenvalue weighted by molar-refractivity contribution is 9.10. The van der Waals surface area contributed by atoms with Crippen LogP contribution in [0, 0.1) is 5.82 Å². The molecule has 0 aromatic heterocycles. The number of carbonyl (C=O) groups is 1. The smallest absolute Gasteiger partial charge is 0.265 e. The molecule has 0 saturated carbocycles. The normalized spacial score (nSPS) is 11.8. The second-order valence-electron chi connectivity index (χ2n) is 4.30. The van der Waals surface area contributed by atoms with Crippen molar-refractivity contribution >= 4 is 39.1 Å². The predicted molar refractivity (Wildman–Crippen MR) is 84.3 cm³/mol. The maximum atomic E-state index is 12.9. The number of amides is 1. The number of benzene rings is 2. The Morgan fingerprint density at radius 1 is 1.33 bits per heavy atom. The second-order valence-corrected chi connectivity index (χ2v) is 5.57. The van der Waals surface area contributed by atoms with Gasteiger partial charge in [-0.1, -0.05) is 23.7 Å². The number of carbonyl (C=O) groups excluding carboxylic acids is 1. The molecule has 0 aliphatic rings. The first kappa shape index (κ1) is 15.8. The van der Waals surface area contributed by atoms with Gasteiger partial charge in [-0.3, -0.25) is 4.79 Å². The highest BCUT2D eigenvalue weighted by atomic mass is 79.9. The van der Waals surface area contributed by atoms with Crippen molar-refractivity contribution < 1.29 is 13.9 Å². The van der Waals surface area contributed by atoms with Crippen LogP contribution in [0.5, 0.6) is 5.75 Å². The van der Waals surface area contributed by atoms with E-state index in [0.717, 1.165) is 10.5 Å². The topological polar surface area (TPSA) is 38.3 Å². The molecule has 0 spiro atoms. The van der Waals surface area contributed by atoms with Crippen LogP contribution in [0.25, 0.3) is 0 Å². The summed E-state index contributed by atoms with van der Waals surface area (Å²) in [5.41, 5.74) is 0.339. The van der Waals surface area contributed by atoms with Gasteiger partial charge in [0.2, 0.25) is 0 Å². The van der Waals surface area contributed by atoms with Crippen LogP contribution in [0.2, 0.25) is 5.02 Å². The number of hydrogen-bond acceptors (Lipinski definition) is 2. The quantitative estimate of drug-likeness (QED) is 0.848. The number of ether oxygens (including phenoxy) is 1. The summed E-state index contributed by atoms with van der Waals surface area (Å²) in [7, 11) is 0. The molecule has 0 bridgehead atoms. The van der Waals surface area contributed by atoms with Crippen LogP contribution >= 0.6 is 27.5 Å². The number of hydrogen-bond donors (Lipinski definition) is 1. The van der Waals surface area contributed by atoms with E-state index in [1.807, 2.05) is 18.2 Å². The number of rotatable bonds is 4. The third-order valence-electron chi connectivity index (χ3n) is 2.70. The summed E-state index contributed by atoms with van der Waals surface area (Å²) in [6.07, 6.45) is -0.732. The molecule has 21 heavy (non-hydrogen) atoms. The van der Waals surface area contributed by atoms with Crippen LogP contribution < -0.4 is 10.1 Å². The first-order valence-corrected chi connectivity index (χ1v) is 7.31. The van der Waals surface area contributed by atoms with Gasteiger partial charge in [0.05, 0.1) is 15.2 Å². The van der Waals surface area contributed by atoms with E-state index in [0.29, 0.717) is 11.4 Å². The van der Waals surface area contributed by atoms with Crippen molar-refractivity contribution in [3.05, 3.63) is 57.8 Å². The molecule has 0 aliphatic heterocycles. The van der Waals surface area contributed by atoms with Crippen molar-refractivity contribution in [2.75, 3.05) is 5.32 Å². The van der Waals surface area contributed by atoms with Crippen LogP contribution in [0.4, 0.5) is 10.1 Å². The lowest BCUT2D eigenvalue weighted by molar-refractivity contribution is -0.122. The first-order valence-electron chi connectivity index (χ1n) is 6.14. The molecule has 0 heterocycles. The maximum absolute atomic E-state index is 12.9. The number of nitrogens with one attached hydrogen (secondary N) is 1. The van der Waals surface area contributed by atoms with Gasteiger partial charge in [0.1, 0.15) is 11.6 Å². The highest BCUT2D eigenvalue weighted by Crippen LogP contribution is 2.26. The Morgan fingerprint density at radius 3 is 2.71 bits per heavy atom. The summed E-state index contributed by atoms with van der Waals surface area (Å²) in [5.74, 6) is -0.278. The Hall–Kier alpha value is -1.59. The Kier molecular flexibility index (Phi) is 5.20. The first-order chi connectivity index (χ1) is 9.97. The molecule has 2 rings (SSSR count). The Bertz CT molecular complexity index is 666. The Labute approximate surface area is 135 Å². The molecule has 2 aromatic carbocycles. The van der Waals surface area contributed by atoms with Gasteiger partial charge < -0.3 is 10.1 Å². The third kappa shape index (κ3) is 4.19. The molecule has 1 amide bonds. The maximum Gasteiger partial charge on any atom is 0.265 e. The van der Waals surface area contributed by atoms with Gasteiger partial charge in [-0.2, -0.15) is 0 Å². The zero-order valence-electron chi connectivity index (χ0n) is 11.1. The van der Waals surface area contributed by atoms with Crippen LogP contribution in [0.15, 0.2) is 46.9 Å². The van der Waals surface area contributed by atoms with E-state index in [-0.39, 0.29) is 10.9 Å². The van der Waals surface area contributed by atoms with Gasteiger partial charge in [-0.05, 0) is 53.2 Å². The average Bonchev–Trinajstić information content (AvgIpc) is 2.44. The summed E-state index contributed by atoms with van der Waals surface area (Å²) in [6, 6.07) is 11.0. The van der Waals surface area contributed by atoms with E-state index in [1.54, 1.807) is 13.0 Å². The van der Waals surface area contributed by atoms with E-state index in [9.17, 15) is 9.18 Å². The molecule has 0 aliphatic carbocycles. The highest BCUT2D eigenvalue weighted by Gasteiger charge is 2.17. The van der Waals surface area contributed by atoms with Gasteiger partial charge in [0, 0.05) is 0 Å². The zero-order chi connectivity index (χ0) is 15.4. The molecule has 110 valence electrons. The SMILES string of the molecule is C[C@H](Oc1ccccc1Br)C(=O)Nc1ccc(F)cc1Cl. The van der Waals surface area contributed by atoms with Crippen molar-refractivity contribution in [2.45, 2.75) is 13.0 Å². The van der Waals surface area contributed by atoms with E-state index in [4.69, 9.17) is 16.3 Å². The lowest BCUT2D eigenvalue weighted by Crippen LogP contribution is -2.30. The van der Waals surface area contributed by atoms with Crippen molar-refractivity contribution in [1.29, 1.82) is 0 Å². The van der Waals surface area contributed by atoms with Crippen molar-refractivity contribution in [1.82, 2.24) is 0 Å². The van der Waals surface area contributed by atoms with E-state index in [2.05, 4.69) is 21.2 Å². The monoisotopic (exact) mass is 371 g/mol. The van der Waals surface area contributed by atoms with E-state index < -0.39 is 11.9 Å². The minimum Gasteiger partial charge on any atom is -0.480 e. The molecular formula is C15H12BrClFNO2. The molecule has 0 unspecified atom stereocenters. The standard InChI is InChI=1S/C15H12BrClFNO2/c1-9(21-14-5-3-2-4-11(14)16)15(20)19-13-7-6-10(18)8-12(13)17/h2-9H,1H3,(H,19,20)/t9-/m0/s1. The third-order valence-corrected chi connectivity index (χ3v) is 3.67. The molecule has 2 aromatic rings. The fraction of sp³-hybridized carbons (Fsp3) is 0.133. The predicted octanol–water partition coefficient (Wildman–Crippen LogP) is 4.65. The van der Waals surface area contributed by atoms with E-state index in [1.165, 1.54) is 12.1 Å². The van der Waals surface area contributed by atoms with Gasteiger partial charge in [-0.25, -0.2) is 4.39 Å². The molecule has 0 saturated heterocycles. The fourth-order valence-electron chi connectivity index (χ4n) is 1.61. The van der Waals surface area contributed by atoms with Gasteiger partial charge >= 0.3 is 0 Å². The average molecular weight is 373 g/mol. The van der Waals surface area contributed by atoms with Gasteiger partial charge in [0.15, 0.2) is 6.10 Å². The molecule has 3 nitrogen and oxygen atoms in total. The van der Waals surface area contributed by atoms with Crippen molar-refractivity contribution in [3.63, 3.8) is 0 Å². The Balaban J connectivity index is 2.04. The number of halogens is 3. The Morgan fingerprint density at radius 2 is 2.05 bits per heavy atom. The van der Waals surface area contributed by atoms with Gasteiger partial charge in [-0.15, -0.1) is 0 Å². The summed E-state index contributed by atoms with van der Waals surface area (Å²) in [6.45, 7) is 1.62. The zero-order valence-corrected chi connectivity index (χ0v) is 13.4. The van der Waals surface area contributed by atoms with Crippen LogP contribution in [0.1, 0.15) is 6.92 Å².